The number of para-hydroxylation sites is 1. The van der Waals surface area contributed by atoms with Gasteiger partial charge in [-0.25, -0.2) is 4.79 Å². The average molecular weight is 459 g/mol. The van der Waals surface area contributed by atoms with Crippen LogP contribution in [-0.4, -0.2) is 26.9 Å². The molecule has 6 nitrogen and oxygen atoms in total. The smallest absolute Gasteiger partial charge is 0.387 e. The fourth-order valence-corrected chi connectivity index (χ4v) is 3.06. The molecule has 28 heavy (non-hydrogen) atoms. The van der Waals surface area contributed by atoms with Crippen molar-refractivity contribution in [3.8, 4) is 17.2 Å². The summed E-state index contributed by atoms with van der Waals surface area (Å²) >= 11 is 3.37. The van der Waals surface area contributed by atoms with Crippen LogP contribution >= 0.6 is 15.9 Å². The van der Waals surface area contributed by atoms with Gasteiger partial charge in [0.2, 0.25) is 0 Å². The van der Waals surface area contributed by atoms with Crippen molar-refractivity contribution in [2.75, 3.05) is 19.5 Å². The summed E-state index contributed by atoms with van der Waals surface area (Å²) < 4.78 is 40.9. The van der Waals surface area contributed by atoms with Gasteiger partial charge in [0.05, 0.1) is 25.9 Å². The van der Waals surface area contributed by atoms with E-state index in [-0.39, 0.29) is 5.75 Å². The Morgan fingerprint density at radius 2 is 1.75 bits per heavy atom. The van der Waals surface area contributed by atoms with Crippen LogP contribution in [0.1, 0.15) is 24.9 Å². The highest BCUT2D eigenvalue weighted by Gasteiger charge is 2.20. The van der Waals surface area contributed by atoms with Crippen LogP contribution in [0.25, 0.3) is 0 Å². The van der Waals surface area contributed by atoms with Crippen molar-refractivity contribution in [1.29, 1.82) is 0 Å². The molecule has 0 aliphatic carbocycles. The zero-order chi connectivity index (χ0) is 20.7. The Balaban J connectivity index is 2.18. The molecule has 0 bridgehead atoms. The highest BCUT2D eigenvalue weighted by atomic mass is 79.9. The summed E-state index contributed by atoms with van der Waals surface area (Å²) in [5, 5.41) is 5.48. The number of urea groups is 1. The molecule has 0 radical (unpaired) electrons. The van der Waals surface area contributed by atoms with Crippen LogP contribution in [0.15, 0.2) is 40.9 Å². The summed E-state index contributed by atoms with van der Waals surface area (Å²) in [5.41, 5.74) is 0.925. The van der Waals surface area contributed by atoms with E-state index in [1.165, 1.54) is 20.3 Å². The third-order valence-corrected chi connectivity index (χ3v) is 4.60. The molecule has 1 atom stereocenters. The minimum Gasteiger partial charge on any atom is -0.493 e. The normalized spacial score (nSPS) is 11.7. The van der Waals surface area contributed by atoms with Crippen molar-refractivity contribution in [1.82, 2.24) is 5.32 Å². The molecule has 0 spiro atoms. The van der Waals surface area contributed by atoms with E-state index in [0.29, 0.717) is 33.6 Å². The first kappa shape index (κ1) is 21.7. The molecule has 2 N–H and O–H groups in total. The molecule has 0 aliphatic rings. The number of nitrogens with one attached hydrogen (secondary N) is 2. The monoisotopic (exact) mass is 458 g/mol. The maximum absolute atomic E-state index is 12.6. The molecule has 0 aromatic heterocycles. The number of carbonyl (C=O) groups excluding carboxylic acids is 1. The van der Waals surface area contributed by atoms with E-state index in [1.807, 2.05) is 6.92 Å². The first-order valence-corrected chi connectivity index (χ1v) is 9.21. The van der Waals surface area contributed by atoms with E-state index in [2.05, 4.69) is 31.3 Å². The standard InChI is InChI=1S/C19H21BrF2N2O4/c1-4-13(11-7-5-6-8-15(11)28-18(21)22)23-19(25)24-14-10-17(27-3)16(26-2)9-12(14)20/h5-10,13,18H,4H2,1-3H3,(H2,23,24,25). The Bertz CT molecular complexity index is 821. The van der Waals surface area contributed by atoms with E-state index in [9.17, 15) is 13.6 Å². The molecule has 1 unspecified atom stereocenters. The molecule has 2 amide bonds. The highest BCUT2D eigenvalue weighted by Crippen LogP contribution is 2.36. The van der Waals surface area contributed by atoms with Crippen LogP contribution in [0.3, 0.4) is 0 Å². The molecule has 2 rings (SSSR count). The molecular formula is C19H21BrF2N2O4. The fraction of sp³-hybridized carbons (Fsp3) is 0.316. The zero-order valence-electron chi connectivity index (χ0n) is 15.6. The van der Waals surface area contributed by atoms with Gasteiger partial charge in [0.1, 0.15) is 5.75 Å². The van der Waals surface area contributed by atoms with Gasteiger partial charge in [-0.2, -0.15) is 8.78 Å². The van der Waals surface area contributed by atoms with E-state index < -0.39 is 18.7 Å². The highest BCUT2D eigenvalue weighted by molar-refractivity contribution is 9.10. The zero-order valence-corrected chi connectivity index (χ0v) is 17.2. The van der Waals surface area contributed by atoms with Gasteiger partial charge in [-0.15, -0.1) is 0 Å². The van der Waals surface area contributed by atoms with Gasteiger partial charge in [0, 0.05) is 22.2 Å². The third kappa shape index (κ3) is 5.48. The van der Waals surface area contributed by atoms with Crippen molar-refractivity contribution in [3.05, 3.63) is 46.4 Å². The lowest BCUT2D eigenvalue weighted by molar-refractivity contribution is -0.0506. The number of carbonyl (C=O) groups is 1. The van der Waals surface area contributed by atoms with Crippen molar-refractivity contribution in [3.63, 3.8) is 0 Å². The molecule has 0 fully saturated rings. The second kappa shape index (κ2) is 10.1. The average Bonchev–Trinajstić information content (AvgIpc) is 2.67. The summed E-state index contributed by atoms with van der Waals surface area (Å²) in [6.45, 7) is -1.12. The summed E-state index contributed by atoms with van der Waals surface area (Å²) in [7, 11) is 3.00. The molecule has 2 aromatic carbocycles. The summed E-state index contributed by atoms with van der Waals surface area (Å²) in [6, 6.07) is 8.61. The van der Waals surface area contributed by atoms with Gasteiger partial charge in [-0.3, -0.25) is 0 Å². The summed E-state index contributed by atoms with van der Waals surface area (Å²) in [6.07, 6.45) is 0.476. The molecular weight excluding hydrogens is 438 g/mol. The number of rotatable bonds is 8. The lowest BCUT2D eigenvalue weighted by Crippen LogP contribution is -2.32. The minimum atomic E-state index is -2.95. The van der Waals surface area contributed by atoms with Crippen molar-refractivity contribution in [2.45, 2.75) is 26.0 Å². The van der Waals surface area contributed by atoms with Crippen LogP contribution in [0.4, 0.5) is 19.3 Å². The second-order valence-corrected chi connectivity index (χ2v) is 6.52. The van der Waals surface area contributed by atoms with Crippen molar-refractivity contribution < 1.29 is 27.8 Å². The van der Waals surface area contributed by atoms with Gasteiger partial charge in [-0.1, -0.05) is 25.1 Å². The Labute approximate surface area is 170 Å². The summed E-state index contributed by atoms with van der Waals surface area (Å²) in [4.78, 5) is 12.5. The molecule has 152 valence electrons. The third-order valence-electron chi connectivity index (χ3n) is 3.95. The largest absolute Gasteiger partial charge is 0.493 e. The van der Waals surface area contributed by atoms with E-state index in [4.69, 9.17) is 9.47 Å². The van der Waals surface area contributed by atoms with Gasteiger partial charge in [0.15, 0.2) is 11.5 Å². The number of halogens is 3. The lowest BCUT2D eigenvalue weighted by atomic mass is 10.0. The van der Waals surface area contributed by atoms with Gasteiger partial charge in [0.25, 0.3) is 0 Å². The predicted octanol–water partition coefficient (Wildman–Crippen LogP) is 5.34. The topological polar surface area (TPSA) is 68.8 Å². The number of anilines is 1. The number of ether oxygens (including phenoxy) is 3. The number of hydrogen-bond donors (Lipinski definition) is 2. The number of hydrogen-bond acceptors (Lipinski definition) is 4. The Kier molecular flexibility index (Phi) is 7.86. The first-order chi connectivity index (χ1) is 13.4. The van der Waals surface area contributed by atoms with Crippen LogP contribution in [0, 0.1) is 0 Å². The van der Waals surface area contributed by atoms with Crippen LogP contribution in [0.5, 0.6) is 17.2 Å². The number of amides is 2. The molecule has 0 saturated carbocycles. The Hall–Kier alpha value is -2.55. The van der Waals surface area contributed by atoms with Crippen LogP contribution < -0.4 is 24.8 Å². The van der Waals surface area contributed by atoms with Crippen LogP contribution in [-0.2, 0) is 0 Å². The predicted molar refractivity (Wildman–Crippen MR) is 106 cm³/mol. The molecule has 2 aromatic rings. The number of alkyl halides is 2. The molecule has 0 aliphatic heterocycles. The quantitative estimate of drug-likeness (QED) is 0.559. The van der Waals surface area contributed by atoms with E-state index in [1.54, 1.807) is 30.3 Å². The maximum Gasteiger partial charge on any atom is 0.387 e. The first-order valence-electron chi connectivity index (χ1n) is 8.42. The summed E-state index contributed by atoms with van der Waals surface area (Å²) in [5.74, 6) is 0.977. The van der Waals surface area contributed by atoms with Gasteiger partial charge < -0.3 is 24.8 Å². The molecule has 0 saturated heterocycles. The van der Waals surface area contributed by atoms with Crippen molar-refractivity contribution >= 4 is 27.6 Å². The Morgan fingerprint density at radius 3 is 2.36 bits per heavy atom. The SMILES string of the molecule is CCC(NC(=O)Nc1cc(OC)c(OC)cc1Br)c1ccccc1OC(F)F. The fourth-order valence-electron chi connectivity index (χ4n) is 2.64. The maximum atomic E-state index is 12.6. The van der Waals surface area contributed by atoms with E-state index >= 15 is 0 Å². The van der Waals surface area contributed by atoms with Crippen molar-refractivity contribution in [2.24, 2.45) is 0 Å². The lowest BCUT2D eigenvalue weighted by Gasteiger charge is -2.21. The Morgan fingerprint density at radius 1 is 1.11 bits per heavy atom. The van der Waals surface area contributed by atoms with Crippen LogP contribution in [0.2, 0.25) is 0 Å². The van der Waals surface area contributed by atoms with Gasteiger partial charge >= 0.3 is 12.6 Å². The number of methoxy groups -OCH3 is 2. The molecule has 0 heterocycles. The van der Waals surface area contributed by atoms with E-state index in [0.717, 1.165) is 0 Å². The van der Waals surface area contributed by atoms with Gasteiger partial charge in [-0.05, 0) is 28.4 Å². The second-order valence-electron chi connectivity index (χ2n) is 5.66. The molecule has 9 heteroatoms. The minimum absolute atomic E-state index is 0.0250. The number of benzene rings is 2.